The van der Waals surface area contributed by atoms with Crippen molar-refractivity contribution in [2.75, 3.05) is 20.2 Å². The van der Waals surface area contributed by atoms with Gasteiger partial charge in [0.25, 0.3) is 5.56 Å². The van der Waals surface area contributed by atoms with Gasteiger partial charge in [0.15, 0.2) is 6.10 Å². The molecule has 1 unspecified atom stereocenters. The number of carboxylic acid groups (broad SMARTS) is 1. The Morgan fingerprint density at radius 3 is 2.65 bits per heavy atom. The molecule has 138 valence electrons. The molecular weight excluding hydrogens is 336 g/mol. The monoisotopic (exact) mass is 358 g/mol. The molecule has 1 saturated heterocycles. The summed E-state index contributed by atoms with van der Waals surface area (Å²) in [6.45, 7) is 0.949. The molecule has 1 atom stereocenters. The summed E-state index contributed by atoms with van der Waals surface area (Å²) in [4.78, 5) is 40.4. The fourth-order valence-electron chi connectivity index (χ4n) is 3.55. The Hall–Kier alpha value is -2.67. The predicted molar refractivity (Wildman–Crippen MR) is 96.0 cm³/mol. The number of amides is 1. The molecule has 0 aliphatic carbocycles. The first-order valence-electron chi connectivity index (χ1n) is 8.64. The number of ether oxygens (including phenoxy) is 1. The molecule has 2 N–H and O–H groups in total. The number of aromatic nitrogens is 1. The fourth-order valence-corrected chi connectivity index (χ4v) is 3.55. The standard InChI is InChI=1S/C19H22N2O5/c1-26-17(19(24)25)12-6-8-21(9-7-12)16(22)11-14-10-13-4-2-3-5-15(13)20-18(14)23/h2-5,10,12,17H,6-9,11H2,1H3,(H,20,23)(H,24,25). The average molecular weight is 358 g/mol. The number of nitrogens with zero attached hydrogens (tertiary/aromatic N) is 1. The predicted octanol–water partition coefficient (Wildman–Crippen LogP) is 1.41. The van der Waals surface area contributed by atoms with E-state index < -0.39 is 12.1 Å². The lowest BCUT2D eigenvalue weighted by Gasteiger charge is -2.34. The Labute approximate surface area is 150 Å². The van der Waals surface area contributed by atoms with Crippen LogP contribution in [-0.4, -0.2) is 53.2 Å². The average Bonchev–Trinajstić information content (AvgIpc) is 2.63. The van der Waals surface area contributed by atoms with Crippen molar-refractivity contribution in [3.05, 3.63) is 46.2 Å². The summed E-state index contributed by atoms with van der Waals surface area (Å²) in [7, 11) is 1.39. The molecule has 1 aliphatic heterocycles. The summed E-state index contributed by atoms with van der Waals surface area (Å²) in [6.07, 6.45) is 0.350. The Bertz CT molecular complexity index is 868. The number of likely N-dealkylation sites (tertiary alicyclic amines) is 1. The van der Waals surface area contributed by atoms with Crippen molar-refractivity contribution in [2.24, 2.45) is 5.92 Å². The molecule has 26 heavy (non-hydrogen) atoms. The van der Waals surface area contributed by atoms with Crippen molar-refractivity contribution in [3.8, 4) is 0 Å². The molecule has 2 heterocycles. The Balaban J connectivity index is 1.65. The normalized spacial score (nSPS) is 16.6. The maximum absolute atomic E-state index is 12.6. The highest BCUT2D eigenvalue weighted by molar-refractivity contribution is 5.82. The first kappa shape index (κ1) is 18.1. The van der Waals surface area contributed by atoms with Gasteiger partial charge in [-0.3, -0.25) is 9.59 Å². The van der Waals surface area contributed by atoms with Gasteiger partial charge in [-0.05, 0) is 36.3 Å². The van der Waals surface area contributed by atoms with Crippen molar-refractivity contribution in [2.45, 2.75) is 25.4 Å². The van der Waals surface area contributed by atoms with Gasteiger partial charge >= 0.3 is 5.97 Å². The molecule has 1 fully saturated rings. The molecule has 1 aromatic heterocycles. The third kappa shape index (κ3) is 3.77. The van der Waals surface area contributed by atoms with Crippen molar-refractivity contribution in [1.29, 1.82) is 0 Å². The minimum atomic E-state index is -0.972. The Kier molecular flexibility index (Phi) is 5.37. The zero-order valence-electron chi connectivity index (χ0n) is 14.6. The minimum absolute atomic E-state index is 0.0392. The van der Waals surface area contributed by atoms with Crippen molar-refractivity contribution >= 4 is 22.8 Å². The SMILES string of the molecule is COC(C(=O)O)C1CCN(C(=O)Cc2cc3ccccc3[nH]c2=O)CC1. The summed E-state index contributed by atoms with van der Waals surface area (Å²) in [6, 6.07) is 9.19. The van der Waals surface area contributed by atoms with Gasteiger partial charge in [-0.1, -0.05) is 18.2 Å². The van der Waals surface area contributed by atoms with Crippen LogP contribution in [0.4, 0.5) is 0 Å². The van der Waals surface area contributed by atoms with Gasteiger partial charge < -0.3 is 19.7 Å². The number of aromatic amines is 1. The van der Waals surface area contributed by atoms with E-state index in [0.717, 1.165) is 10.9 Å². The number of H-pyrrole nitrogens is 1. The number of carboxylic acids is 1. The van der Waals surface area contributed by atoms with E-state index in [0.29, 0.717) is 31.5 Å². The van der Waals surface area contributed by atoms with Crippen LogP contribution in [0.1, 0.15) is 18.4 Å². The van der Waals surface area contributed by atoms with Crippen molar-refractivity contribution in [1.82, 2.24) is 9.88 Å². The van der Waals surface area contributed by atoms with Gasteiger partial charge in [-0.2, -0.15) is 0 Å². The summed E-state index contributed by atoms with van der Waals surface area (Å²) in [5, 5.41) is 10.1. The van der Waals surface area contributed by atoms with E-state index in [2.05, 4.69) is 4.98 Å². The van der Waals surface area contributed by atoms with Gasteiger partial charge in [0.1, 0.15) is 0 Å². The number of aliphatic carboxylic acids is 1. The second-order valence-corrected chi connectivity index (χ2v) is 6.60. The number of carbonyl (C=O) groups excluding carboxylic acids is 1. The number of hydrogen-bond donors (Lipinski definition) is 2. The number of nitrogens with one attached hydrogen (secondary N) is 1. The molecule has 3 rings (SSSR count). The first-order chi connectivity index (χ1) is 12.5. The third-order valence-electron chi connectivity index (χ3n) is 4.99. The van der Waals surface area contributed by atoms with E-state index >= 15 is 0 Å². The molecule has 1 aliphatic rings. The molecule has 0 radical (unpaired) electrons. The molecule has 0 bridgehead atoms. The molecule has 1 amide bonds. The lowest BCUT2D eigenvalue weighted by atomic mass is 9.91. The largest absolute Gasteiger partial charge is 0.479 e. The summed E-state index contributed by atoms with van der Waals surface area (Å²) in [5.41, 5.74) is 0.933. The van der Waals surface area contributed by atoms with Gasteiger partial charge in [-0.15, -0.1) is 0 Å². The smallest absolute Gasteiger partial charge is 0.333 e. The number of benzene rings is 1. The van der Waals surface area contributed by atoms with Crippen molar-refractivity contribution in [3.63, 3.8) is 0 Å². The van der Waals surface area contributed by atoms with E-state index in [1.165, 1.54) is 7.11 Å². The van der Waals surface area contributed by atoms with Gasteiger partial charge in [0.05, 0.1) is 6.42 Å². The molecule has 1 aromatic carbocycles. The maximum Gasteiger partial charge on any atom is 0.333 e. The highest BCUT2D eigenvalue weighted by Gasteiger charge is 2.32. The zero-order chi connectivity index (χ0) is 18.7. The lowest BCUT2D eigenvalue weighted by molar-refractivity contribution is -0.153. The molecule has 7 nitrogen and oxygen atoms in total. The number of carbonyl (C=O) groups is 2. The molecule has 2 aromatic rings. The summed E-state index contributed by atoms with van der Waals surface area (Å²) < 4.78 is 5.05. The van der Waals surface area contributed by atoms with Crippen LogP contribution < -0.4 is 5.56 Å². The quantitative estimate of drug-likeness (QED) is 0.842. The van der Waals surface area contributed by atoms with Crippen LogP contribution in [-0.2, 0) is 20.7 Å². The Morgan fingerprint density at radius 2 is 2.00 bits per heavy atom. The van der Waals surface area contributed by atoms with Gasteiger partial charge in [0.2, 0.25) is 5.91 Å². The second kappa shape index (κ2) is 7.70. The second-order valence-electron chi connectivity index (χ2n) is 6.60. The number of pyridine rings is 1. The maximum atomic E-state index is 12.6. The summed E-state index contributed by atoms with van der Waals surface area (Å²) >= 11 is 0. The fraction of sp³-hybridized carbons (Fsp3) is 0.421. The highest BCUT2D eigenvalue weighted by atomic mass is 16.5. The van der Waals surface area contributed by atoms with Gasteiger partial charge in [0, 0.05) is 31.3 Å². The van der Waals surface area contributed by atoms with Crippen molar-refractivity contribution < 1.29 is 19.4 Å². The number of fused-ring (bicyclic) bond motifs is 1. The Morgan fingerprint density at radius 1 is 1.31 bits per heavy atom. The topological polar surface area (TPSA) is 99.7 Å². The van der Waals surface area contributed by atoms with Crippen LogP contribution >= 0.6 is 0 Å². The third-order valence-corrected chi connectivity index (χ3v) is 4.99. The van der Waals surface area contributed by atoms with Crippen LogP contribution in [0, 0.1) is 5.92 Å². The van der Waals surface area contributed by atoms with Crippen LogP contribution in [0.5, 0.6) is 0 Å². The zero-order valence-corrected chi connectivity index (χ0v) is 14.6. The first-order valence-corrected chi connectivity index (χ1v) is 8.64. The lowest BCUT2D eigenvalue weighted by Crippen LogP contribution is -2.44. The van der Waals surface area contributed by atoms with Crippen LogP contribution in [0.3, 0.4) is 0 Å². The van der Waals surface area contributed by atoms with E-state index in [-0.39, 0.29) is 23.8 Å². The summed E-state index contributed by atoms with van der Waals surface area (Å²) in [5.74, 6) is -1.20. The van der Waals surface area contributed by atoms with E-state index in [1.807, 2.05) is 24.3 Å². The number of para-hydroxylation sites is 1. The molecule has 7 heteroatoms. The number of methoxy groups -OCH3 is 1. The van der Waals surface area contributed by atoms with Gasteiger partial charge in [-0.25, -0.2) is 4.79 Å². The minimum Gasteiger partial charge on any atom is -0.479 e. The van der Waals surface area contributed by atoms with Crippen LogP contribution in [0.15, 0.2) is 35.1 Å². The van der Waals surface area contributed by atoms with Crippen LogP contribution in [0.2, 0.25) is 0 Å². The molecule has 0 saturated carbocycles. The number of piperidine rings is 1. The molecular formula is C19H22N2O5. The number of hydrogen-bond acceptors (Lipinski definition) is 4. The van der Waals surface area contributed by atoms with E-state index in [9.17, 15) is 14.4 Å². The van der Waals surface area contributed by atoms with E-state index in [1.54, 1.807) is 11.0 Å². The molecule has 0 spiro atoms. The van der Waals surface area contributed by atoms with Crippen LogP contribution in [0.25, 0.3) is 10.9 Å². The number of rotatable bonds is 5. The van der Waals surface area contributed by atoms with E-state index in [4.69, 9.17) is 9.84 Å². The highest BCUT2D eigenvalue weighted by Crippen LogP contribution is 2.23.